The average molecular weight is 209 g/mol. The Balaban J connectivity index is 2.17. The molecular formula is C11H16FN3. The van der Waals surface area contributed by atoms with E-state index in [9.17, 15) is 4.39 Å². The van der Waals surface area contributed by atoms with Gasteiger partial charge < -0.3 is 10.6 Å². The molecule has 15 heavy (non-hydrogen) atoms. The van der Waals surface area contributed by atoms with Gasteiger partial charge in [0, 0.05) is 31.9 Å². The molecule has 4 heteroatoms. The Labute approximate surface area is 89.1 Å². The summed E-state index contributed by atoms with van der Waals surface area (Å²) in [5.74, 6) is 0.866. The van der Waals surface area contributed by atoms with Gasteiger partial charge in [0.05, 0.1) is 0 Å². The molecular weight excluding hydrogens is 193 g/mol. The summed E-state index contributed by atoms with van der Waals surface area (Å²) in [6.45, 7) is 1.11. The molecule has 2 rings (SSSR count). The van der Waals surface area contributed by atoms with Crippen LogP contribution in [0.3, 0.4) is 0 Å². The van der Waals surface area contributed by atoms with E-state index in [1.54, 1.807) is 12.3 Å². The van der Waals surface area contributed by atoms with Gasteiger partial charge in [0.25, 0.3) is 0 Å². The first kappa shape index (κ1) is 10.4. The lowest BCUT2D eigenvalue weighted by atomic mass is 10.2. The van der Waals surface area contributed by atoms with E-state index in [0.29, 0.717) is 11.4 Å². The summed E-state index contributed by atoms with van der Waals surface area (Å²) in [4.78, 5) is 5.94. The Bertz CT molecular complexity index is 350. The molecule has 1 aliphatic rings. The van der Waals surface area contributed by atoms with Crippen molar-refractivity contribution >= 4 is 5.82 Å². The van der Waals surface area contributed by atoms with Crippen molar-refractivity contribution in [3.8, 4) is 0 Å². The molecule has 0 unspecified atom stereocenters. The highest BCUT2D eigenvalue weighted by Crippen LogP contribution is 2.31. The SMILES string of the molecule is CN(CC1CC1)c1nccc(CN)c1F. The minimum atomic E-state index is -0.275. The van der Waals surface area contributed by atoms with Gasteiger partial charge in [-0.25, -0.2) is 9.37 Å². The van der Waals surface area contributed by atoms with Crippen LogP contribution in [0.4, 0.5) is 10.2 Å². The summed E-state index contributed by atoms with van der Waals surface area (Å²) in [6.07, 6.45) is 4.12. The van der Waals surface area contributed by atoms with E-state index in [2.05, 4.69) is 4.98 Å². The van der Waals surface area contributed by atoms with Crippen molar-refractivity contribution in [2.24, 2.45) is 11.7 Å². The molecule has 3 nitrogen and oxygen atoms in total. The number of rotatable bonds is 4. The largest absolute Gasteiger partial charge is 0.357 e. The number of aromatic nitrogens is 1. The number of hydrogen-bond donors (Lipinski definition) is 1. The molecule has 1 heterocycles. The van der Waals surface area contributed by atoms with Crippen LogP contribution in [-0.2, 0) is 6.54 Å². The van der Waals surface area contributed by atoms with Crippen molar-refractivity contribution in [2.45, 2.75) is 19.4 Å². The zero-order valence-corrected chi connectivity index (χ0v) is 8.91. The quantitative estimate of drug-likeness (QED) is 0.817. The minimum Gasteiger partial charge on any atom is -0.357 e. The van der Waals surface area contributed by atoms with E-state index < -0.39 is 0 Å². The maximum atomic E-state index is 13.8. The van der Waals surface area contributed by atoms with Crippen molar-refractivity contribution in [3.63, 3.8) is 0 Å². The van der Waals surface area contributed by atoms with Crippen LogP contribution in [0.15, 0.2) is 12.3 Å². The first-order valence-corrected chi connectivity index (χ1v) is 5.27. The maximum Gasteiger partial charge on any atom is 0.170 e. The Morgan fingerprint density at radius 3 is 2.93 bits per heavy atom. The highest BCUT2D eigenvalue weighted by molar-refractivity contribution is 5.42. The van der Waals surface area contributed by atoms with Crippen molar-refractivity contribution < 1.29 is 4.39 Å². The summed E-state index contributed by atoms with van der Waals surface area (Å²) in [6, 6.07) is 1.63. The van der Waals surface area contributed by atoms with Crippen molar-refractivity contribution in [1.29, 1.82) is 0 Å². The molecule has 1 saturated carbocycles. The smallest absolute Gasteiger partial charge is 0.170 e. The molecule has 0 atom stereocenters. The van der Waals surface area contributed by atoms with Gasteiger partial charge in [-0.15, -0.1) is 0 Å². The van der Waals surface area contributed by atoms with Gasteiger partial charge in [-0.05, 0) is 24.8 Å². The van der Waals surface area contributed by atoms with Gasteiger partial charge in [0.1, 0.15) is 0 Å². The molecule has 2 N–H and O–H groups in total. The third-order valence-corrected chi connectivity index (χ3v) is 2.76. The molecule has 1 aromatic rings. The van der Waals surface area contributed by atoms with Crippen LogP contribution in [0.25, 0.3) is 0 Å². The summed E-state index contributed by atoms with van der Waals surface area (Å²) in [5.41, 5.74) is 5.98. The first-order chi connectivity index (χ1) is 7.22. The fourth-order valence-corrected chi connectivity index (χ4v) is 1.67. The van der Waals surface area contributed by atoms with Gasteiger partial charge in [-0.2, -0.15) is 0 Å². The lowest BCUT2D eigenvalue weighted by Crippen LogP contribution is -2.23. The van der Waals surface area contributed by atoms with Crippen LogP contribution in [0, 0.1) is 11.7 Å². The molecule has 1 aromatic heterocycles. The summed E-state index contributed by atoms with van der Waals surface area (Å²) < 4.78 is 13.8. The van der Waals surface area contributed by atoms with E-state index in [4.69, 9.17) is 5.73 Å². The number of nitrogens with zero attached hydrogens (tertiary/aromatic N) is 2. The number of anilines is 1. The topological polar surface area (TPSA) is 42.2 Å². The highest BCUT2D eigenvalue weighted by atomic mass is 19.1. The molecule has 0 aromatic carbocycles. The van der Waals surface area contributed by atoms with Gasteiger partial charge in [0.15, 0.2) is 11.6 Å². The zero-order chi connectivity index (χ0) is 10.8. The second-order valence-electron chi connectivity index (χ2n) is 4.14. The van der Waals surface area contributed by atoms with Crippen LogP contribution < -0.4 is 10.6 Å². The number of nitrogens with two attached hydrogens (primary N) is 1. The highest BCUT2D eigenvalue weighted by Gasteiger charge is 2.24. The molecule has 0 saturated heterocycles. The van der Waals surface area contributed by atoms with Crippen LogP contribution in [0.1, 0.15) is 18.4 Å². The molecule has 0 amide bonds. The van der Waals surface area contributed by atoms with Gasteiger partial charge in [0.2, 0.25) is 0 Å². The monoisotopic (exact) mass is 209 g/mol. The van der Waals surface area contributed by atoms with Gasteiger partial charge >= 0.3 is 0 Å². The van der Waals surface area contributed by atoms with Crippen molar-refractivity contribution in [1.82, 2.24) is 4.98 Å². The van der Waals surface area contributed by atoms with E-state index >= 15 is 0 Å². The van der Waals surface area contributed by atoms with E-state index in [1.807, 2.05) is 11.9 Å². The molecule has 0 bridgehead atoms. The Kier molecular flexibility index (Phi) is 2.86. The van der Waals surface area contributed by atoms with Gasteiger partial charge in [-0.1, -0.05) is 0 Å². The predicted molar refractivity (Wildman–Crippen MR) is 58.1 cm³/mol. The minimum absolute atomic E-state index is 0.221. The second kappa shape index (κ2) is 4.14. The summed E-state index contributed by atoms with van der Waals surface area (Å²) in [5, 5.41) is 0. The van der Waals surface area contributed by atoms with Crippen LogP contribution >= 0.6 is 0 Å². The maximum absolute atomic E-state index is 13.8. The zero-order valence-electron chi connectivity index (χ0n) is 8.91. The Hall–Kier alpha value is -1.16. The van der Waals surface area contributed by atoms with Crippen molar-refractivity contribution in [2.75, 3.05) is 18.5 Å². The fraction of sp³-hybridized carbons (Fsp3) is 0.545. The van der Waals surface area contributed by atoms with Crippen LogP contribution in [0.5, 0.6) is 0 Å². The first-order valence-electron chi connectivity index (χ1n) is 5.27. The molecule has 0 radical (unpaired) electrons. The number of halogens is 1. The number of pyridine rings is 1. The van der Waals surface area contributed by atoms with E-state index in [0.717, 1.165) is 12.5 Å². The Morgan fingerprint density at radius 1 is 1.60 bits per heavy atom. The Morgan fingerprint density at radius 2 is 2.33 bits per heavy atom. The molecule has 0 aliphatic heterocycles. The summed E-state index contributed by atoms with van der Waals surface area (Å²) in [7, 11) is 1.88. The average Bonchev–Trinajstić information content (AvgIpc) is 3.02. The third-order valence-electron chi connectivity index (χ3n) is 2.76. The molecule has 82 valence electrons. The van der Waals surface area contributed by atoms with Crippen LogP contribution in [0.2, 0.25) is 0 Å². The molecule has 1 fully saturated rings. The number of hydrogen-bond acceptors (Lipinski definition) is 3. The third kappa shape index (κ3) is 2.26. The van der Waals surface area contributed by atoms with E-state index in [1.165, 1.54) is 12.8 Å². The van der Waals surface area contributed by atoms with Gasteiger partial charge in [-0.3, -0.25) is 0 Å². The molecule has 1 aliphatic carbocycles. The fourth-order valence-electron chi connectivity index (χ4n) is 1.67. The molecule has 0 spiro atoms. The standard InChI is InChI=1S/C11H16FN3/c1-15(7-8-2-3-8)11-10(12)9(6-13)4-5-14-11/h4-5,8H,2-3,6-7,13H2,1H3. The lowest BCUT2D eigenvalue weighted by molar-refractivity contribution is 0.595. The van der Waals surface area contributed by atoms with E-state index in [-0.39, 0.29) is 12.4 Å². The summed E-state index contributed by atoms with van der Waals surface area (Å²) >= 11 is 0. The second-order valence-corrected chi connectivity index (χ2v) is 4.14. The normalized spacial score (nSPS) is 15.4. The van der Waals surface area contributed by atoms with Crippen molar-refractivity contribution in [3.05, 3.63) is 23.6 Å². The van der Waals surface area contributed by atoms with Crippen LogP contribution in [-0.4, -0.2) is 18.6 Å². The lowest BCUT2D eigenvalue weighted by Gasteiger charge is -2.19. The predicted octanol–water partition coefficient (Wildman–Crippen LogP) is 1.53.